The number of carbonyl (C=O) groups excluding carboxylic acids is 1. The zero-order valence-electron chi connectivity index (χ0n) is 19.0. The predicted molar refractivity (Wildman–Crippen MR) is 128 cm³/mol. The first kappa shape index (κ1) is 21.9. The molecule has 5 rings (SSSR count). The molecular weight excluding hydrogens is 432 g/mol. The van der Waals surface area contributed by atoms with Crippen LogP contribution in [0.5, 0.6) is 0 Å². The van der Waals surface area contributed by atoms with Crippen LogP contribution in [0.2, 0.25) is 0 Å². The van der Waals surface area contributed by atoms with Gasteiger partial charge in [-0.25, -0.2) is 9.78 Å². The Labute approximate surface area is 197 Å². The molecule has 1 aliphatic heterocycles. The lowest BCUT2D eigenvalue weighted by Crippen LogP contribution is -2.48. The summed E-state index contributed by atoms with van der Waals surface area (Å²) in [5.74, 6) is -0.842. The Hall–Kier alpha value is -3.91. The second-order valence-corrected chi connectivity index (χ2v) is 8.54. The predicted octanol–water partition coefficient (Wildman–Crippen LogP) is 3.69. The first-order valence-corrected chi connectivity index (χ1v) is 11.3. The molecule has 3 heterocycles. The lowest BCUT2D eigenvalue weighted by molar-refractivity contribution is -0.130. The maximum atomic E-state index is 12.1. The van der Waals surface area contributed by atoms with Crippen LogP contribution in [0.1, 0.15) is 22.8 Å². The van der Waals surface area contributed by atoms with E-state index in [0.717, 1.165) is 53.0 Å². The molecule has 4 aromatic rings. The lowest BCUT2D eigenvalue weighted by Gasteiger charge is -2.34. The van der Waals surface area contributed by atoms with Crippen LogP contribution >= 0.6 is 0 Å². The zero-order chi connectivity index (χ0) is 23.7. The maximum Gasteiger partial charge on any atom is 0.336 e. The summed E-state index contributed by atoms with van der Waals surface area (Å²) in [5, 5.41) is 9.88. The highest BCUT2D eigenvalue weighted by Gasteiger charge is 2.21. The Balaban J connectivity index is 1.45. The van der Waals surface area contributed by atoms with Gasteiger partial charge in [0.05, 0.1) is 34.8 Å². The Morgan fingerprint density at radius 2 is 1.88 bits per heavy atom. The number of rotatable bonds is 6. The fourth-order valence-electron chi connectivity index (χ4n) is 4.63. The monoisotopic (exact) mass is 458 g/mol. The van der Waals surface area contributed by atoms with E-state index in [1.807, 2.05) is 39.8 Å². The molecule has 1 amide bonds. The summed E-state index contributed by atoms with van der Waals surface area (Å²) in [4.78, 5) is 32.4. The van der Waals surface area contributed by atoms with Crippen LogP contribution in [-0.4, -0.2) is 69.1 Å². The van der Waals surface area contributed by atoms with Gasteiger partial charge in [-0.05, 0) is 47.9 Å². The summed E-state index contributed by atoms with van der Waals surface area (Å²) in [6.07, 6.45) is 5.68. The minimum absolute atomic E-state index is 0.0982. The number of hydrogen-bond acceptors (Lipinski definition) is 5. The second-order valence-electron chi connectivity index (χ2n) is 8.54. The number of carboxylic acids is 1. The van der Waals surface area contributed by atoms with Gasteiger partial charge < -0.3 is 14.4 Å². The Bertz CT molecular complexity index is 1330. The number of carbonyl (C=O) groups is 2. The van der Waals surface area contributed by atoms with Crippen LogP contribution < -0.4 is 0 Å². The molecule has 1 fully saturated rings. The van der Waals surface area contributed by atoms with E-state index in [4.69, 9.17) is 4.42 Å². The summed E-state index contributed by atoms with van der Waals surface area (Å²) < 4.78 is 7.16. The van der Waals surface area contributed by atoms with Crippen molar-refractivity contribution in [1.29, 1.82) is 0 Å². The number of nitrogens with zero attached hydrogens (tertiary/aromatic N) is 4. The van der Waals surface area contributed by atoms with Crippen molar-refractivity contribution < 1.29 is 19.1 Å². The van der Waals surface area contributed by atoms with E-state index in [1.54, 1.807) is 37.9 Å². The molecule has 34 heavy (non-hydrogen) atoms. The first-order chi connectivity index (χ1) is 16.5. The maximum absolute atomic E-state index is 12.1. The van der Waals surface area contributed by atoms with Gasteiger partial charge in [0.25, 0.3) is 0 Å². The fourth-order valence-corrected chi connectivity index (χ4v) is 4.63. The van der Waals surface area contributed by atoms with Crippen molar-refractivity contribution in [2.75, 3.05) is 32.7 Å². The van der Waals surface area contributed by atoms with Crippen LogP contribution in [0.4, 0.5) is 0 Å². The second kappa shape index (κ2) is 9.15. The van der Waals surface area contributed by atoms with Crippen molar-refractivity contribution in [2.24, 2.45) is 0 Å². The number of piperazine rings is 1. The number of carboxylic acid groups (broad SMARTS) is 1. The zero-order valence-corrected chi connectivity index (χ0v) is 19.0. The van der Waals surface area contributed by atoms with Crippen molar-refractivity contribution in [3.05, 3.63) is 72.4 Å². The summed E-state index contributed by atoms with van der Waals surface area (Å²) in [7, 11) is 0. The molecule has 1 aliphatic rings. The number of aromatic nitrogens is 2. The van der Waals surface area contributed by atoms with Crippen LogP contribution in [0, 0.1) is 0 Å². The Morgan fingerprint density at radius 3 is 2.59 bits per heavy atom. The number of hydrogen-bond donors (Lipinski definition) is 1. The molecule has 1 saturated heterocycles. The van der Waals surface area contributed by atoms with Crippen molar-refractivity contribution in [3.63, 3.8) is 0 Å². The SMILES string of the molecule is CC(=O)N1CCN(CCc2c(C(=O)O)cccc2-n2cnc3cc(-c4ccoc4)ccc32)CC1. The number of benzene rings is 2. The van der Waals surface area contributed by atoms with Crippen LogP contribution in [0.3, 0.4) is 0 Å². The minimum atomic E-state index is -0.940. The molecule has 2 aromatic carbocycles. The lowest BCUT2D eigenvalue weighted by atomic mass is 10.0. The van der Waals surface area contributed by atoms with Gasteiger partial charge in [-0.1, -0.05) is 12.1 Å². The van der Waals surface area contributed by atoms with Gasteiger partial charge in [-0.2, -0.15) is 0 Å². The van der Waals surface area contributed by atoms with E-state index in [1.165, 1.54) is 0 Å². The Morgan fingerprint density at radius 1 is 1.06 bits per heavy atom. The molecule has 0 radical (unpaired) electrons. The van der Waals surface area contributed by atoms with Crippen molar-refractivity contribution in [2.45, 2.75) is 13.3 Å². The minimum Gasteiger partial charge on any atom is -0.478 e. The third kappa shape index (κ3) is 4.20. The van der Waals surface area contributed by atoms with Gasteiger partial charge in [0.2, 0.25) is 5.91 Å². The number of imidazole rings is 1. The van der Waals surface area contributed by atoms with E-state index in [2.05, 4.69) is 9.88 Å². The van der Waals surface area contributed by atoms with E-state index in [-0.39, 0.29) is 5.91 Å². The standard InChI is InChI=1S/C26H26N4O4/c1-18(31)29-12-10-28(11-13-29)9-7-21-22(26(32)33)3-2-4-24(21)30-17-27-23-15-19(5-6-25(23)30)20-8-14-34-16-20/h2-6,8,14-17H,7,9-13H2,1H3,(H,32,33). The van der Waals surface area contributed by atoms with E-state index in [9.17, 15) is 14.7 Å². The Kier molecular flexibility index (Phi) is 5.90. The van der Waals surface area contributed by atoms with Gasteiger partial charge in [-0.3, -0.25) is 14.3 Å². The molecular formula is C26H26N4O4. The van der Waals surface area contributed by atoms with Crippen molar-refractivity contribution in [3.8, 4) is 16.8 Å². The van der Waals surface area contributed by atoms with E-state index < -0.39 is 5.97 Å². The molecule has 0 unspecified atom stereocenters. The normalized spacial score (nSPS) is 14.6. The molecule has 0 spiro atoms. The van der Waals surface area contributed by atoms with Gasteiger partial charge in [0, 0.05) is 45.2 Å². The van der Waals surface area contributed by atoms with E-state index >= 15 is 0 Å². The highest BCUT2D eigenvalue weighted by molar-refractivity contribution is 5.91. The molecule has 0 bridgehead atoms. The molecule has 8 heteroatoms. The number of fused-ring (bicyclic) bond motifs is 1. The summed E-state index contributed by atoms with van der Waals surface area (Å²) in [6.45, 7) is 5.30. The smallest absolute Gasteiger partial charge is 0.336 e. The summed E-state index contributed by atoms with van der Waals surface area (Å²) in [5.41, 5.74) is 5.63. The summed E-state index contributed by atoms with van der Waals surface area (Å²) >= 11 is 0. The van der Waals surface area contributed by atoms with Crippen molar-refractivity contribution >= 4 is 22.9 Å². The van der Waals surface area contributed by atoms with Crippen LogP contribution in [0.25, 0.3) is 27.8 Å². The molecule has 2 aromatic heterocycles. The van der Waals surface area contributed by atoms with Gasteiger partial charge in [0.15, 0.2) is 0 Å². The van der Waals surface area contributed by atoms with Gasteiger partial charge >= 0.3 is 5.97 Å². The average molecular weight is 459 g/mol. The first-order valence-electron chi connectivity index (χ1n) is 11.3. The topological polar surface area (TPSA) is 91.8 Å². The highest BCUT2D eigenvalue weighted by atomic mass is 16.4. The molecule has 0 aliphatic carbocycles. The molecule has 174 valence electrons. The van der Waals surface area contributed by atoms with Gasteiger partial charge in [-0.15, -0.1) is 0 Å². The molecule has 1 N–H and O–H groups in total. The van der Waals surface area contributed by atoms with Gasteiger partial charge in [0.1, 0.15) is 6.33 Å². The van der Waals surface area contributed by atoms with E-state index in [0.29, 0.717) is 25.1 Å². The van der Waals surface area contributed by atoms with Crippen LogP contribution in [-0.2, 0) is 11.2 Å². The summed E-state index contributed by atoms with van der Waals surface area (Å²) in [6, 6.07) is 13.3. The third-order valence-corrected chi connectivity index (χ3v) is 6.54. The number of aromatic carboxylic acids is 1. The molecule has 0 atom stereocenters. The average Bonchev–Trinajstić information content (AvgIpc) is 3.52. The molecule has 8 nitrogen and oxygen atoms in total. The quantitative estimate of drug-likeness (QED) is 0.474. The van der Waals surface area contributed by atoms with Crippen molar-refractivity contribution in [1.82, 2.24) is 19.4 Å². The fraction of sp³-hybridized carbons (Fsp3) is 0.269. The molecule has 0 saturated carbocycles. The number of amides is 1. The highest BCUT2D eigenvalue weighted by Crippen LogP contribution is 2.28. The largest absolute Gasteiger partial charge is 0.478 e. The third-order valence-electron chi connectivity index (χ3n) is 6.54. The number of furan rings is 1. The van der Waals surface area contributed by atoms with Crippen LogP contribution in [0.15, 0.2) is 65.7 Å².